The molecule has 0 aliphatic heterocycles. The second-order valence-corrected chi connectivity index (χ2v) is 2.99. The van der Waals surface area contributed by atoms with E-state index in [-0.39, 0.29) is 42.8 Å². The molecule has 0 saturated carbocycles. The first kappa shape index (κ1) is 13.8. The fourth-order valence-corrected chi connectivity index (χ4v) is 1.31. The normalized spacial score (nSPS) is 9.00. The van der Waals surface area contributed by atoms with E-state index in [1.807, 2.05) is 0 Å². The molecule has 2 nitrogen and oxygen atoms in total. The van der Waals surface area contributed by atoms with Gasteiger partial charge >= 0.3 is 0 Å². The standard InChI is InChI=1S/C6H14O2S.Na/c7-3-1-5-9-6-2-4-8;/h7-8H,1-6H2;. The maximum atomic E-state index is 8.36. The summed E-state index contributed by atoms with van der Waals surface area (Å²) >= 11 is 1.78. The summed E-state index contributed by atoms with van der Waals surface area (Å²) in [4.78, 5) is 0. The SMILES string of the molecule is OCCCSCCCO.[Na]. The summed E-state index contributed by atoms with van der Waals surface area (Å²) < 4.78 is 0. The van der Waals surface area contributed by atoms with Gasteiger partial charge in [0.25, 0.3) is 0 Å². The number of hydrogen-bond acceptors (Lipinski definition) is 3. The maximum absolute atomic E-state index is 8.36. The third kappa shape index (κ3) is 12.0. The van der Waals surface area contributed by atoms with Crippen LogP contribution >= 0.6 is 11.8 Å². The molecule has 0 fully saturated rings. The summed E-state index contributed by atoms with van der Waals surface area (Å²) in [6.07, 6.45) is 1.74. The minimum Gasteiger partial charge on any atom is -0.396 e. The molecule has 0 aliphatic rings. The Morgan fingerprint density at radius 2 is 1.30 bits per heavy atom. The molecule has 0 aromatic carbocycles. The number of thioether (sulfide) groups is 1. The van der Waals surface area contributed by atoms with Gasteiger partial charge in [-0.05, 0) is 24.3 Å². The van der Waals surface area contributed by atoms with Crippen LogP contribution in [-0.2, 0) is 0 Å². The van der Waals surface area contributed by atoms with Crippen LogP contribution < -0.4 is 0 Å². The van der Waals surface area contributed by atoms with Crippen molar-refractivity contribution in [3.8, 4) is 0 Å². The average Bonchev–Trinajstić information content (AvgIpc) is 1.89. The summed E-state index contributed by atoms with van der Waals surface area (Å²) in [7, 11) is 0. The first-order valence-corrected chi connectivity index (χ1v) is 4.36. The summed E-state index contributed by atoms with van der Waals surface area (Å²) in [6.45, 7) is 0.568. The Morgan fingerprint density at radius 1 is 0.900 bits per heavy atom. The maximum Gasteiger partial charge on any atom is 0.0438 e. The molecule has 2 N–H and O–H groups in total. The van der Waals surface area contributed by atoms with Crippen LogP contribution in [0.3, 0.4) is 0 Å². The van der Waals surface area contributed by atoms with E-state index in [1.54, 1.807) is 11.8 Å². The third-order valence-corrected chi connectivity index (χ3v) is 2.05. The summed E-state index contributed by atoms with van der Waals surface area (Å²) in [5, 5.41) is 16.7. The molecular formula is C6H14NaO2S. The fourth-order valence-electron chi connectivity index (χ4n) is 0.435. The molecule has 0 aliphatic carbocycles. The molecule has 0 heterocycles. The number of rotatable bonds is 6. The van der Waals surface area contributed by atoms with Gasteiger partial charge in [-0.25, -0.2) is 0 Å². The quantitative estimate of drug-likeness (QED) is 0.442. The van der Waals surface area contributed by atoms with Gasteiger partial charge in [0.05, 0.1) is 0 Å². The Labute approximate surface area is 88.7 Å². The van der Waals surface area contributed by atoms with Crippen molar-refractivity contribution in [1.29, 1.82) is 0 Å². The van der Waals surface area contributed by atoms with Gasteiger partial charge in [0.15, 0.2) is 0 Å². The van der Waals surface area contributed by atoms with Crippen LogP contribution in [0.25, 0.3) is 0 Å². The molecule has 4 heteroatoms. The molecule has 0 spiro atoms. The van der Waals surface area contributed by atoms with Gasteiger partial charge in [0.2, 0.25) is 0 Å². The zero-order valence-corrected chi connectivity index (χ0v) is 9.36. The third-order valence-electron chi connectivity index (χ3n) is 0.894. The molecule has 0 aromatic rings. The summed E-state index contributed by atoms with van der Waals surface area (Å²) in [6, 6.07) is 0. The number of hydrogen-bond donors (Lipinski definition) is 2. The molecule has 0 amide bonds. The topological polar surface area (TPSA) is 40.5 Å². The van der Waals surface area contributed by atoms with E-state index in [0.29, 0.717) is 0 Å². The number of aliphatic hydroxyl groups excluding tert-OH is 2. The Hall–Kier alpha value is 1.27. The van der Waals surface area contributed by atoms with E-state index in [4.69, 9.17) is 10.2 Å². The molecule has 0 rings (SSSR count). The van der Waals surface area contributed by atoms with Crippen molar-refractivity contribution in [2.24, 2.45) is 0 Å². The van der Waals surface area contributed by atoms with Gasteiger partial charge in [-0.3, -0.25) is 0 Å². The predicted octanol–water partition coefficient (Wildman–Crippen LogP) is 0.104. The number of aliphatic hydroxyl groups is 2. The smallest absolute Gasteiger partial charge is 0.0438 e. The van der Waals surface area contributed by atoms with E-state index >= 15 is 0 Å². The van der Waals surface area contributed by atoms with Crippen LogP contribution in [0.5, 0.6) is 0 Å². The second-order valence-electron chi connectivity index (χ2n) is 1.77. The zero-order chi connectivity index (χ0) is 6.95. The van der Waals surface area contributed by atoms with E-state index in [2.05, 4.69) is 0 Å². The van der Waals surface area contributed by atoms with Crippen molar-refractivity contribution in [1.82, 2.24) is 0 Å². The van der Waals surface area contributed by atoms with E-state index < -0.39 is 0 Å². The molecule has 0 saturated heterocycles. The van der Waals surface area contributed by atoms with E-state index in [1.165, 1.54) is 0 Å². The van der Waals surface area contributed by atoms with Crippen molar-refractivity contribution >= 4 is 41.3 Å². The molecule has 57 valence electrons. The van der Waals surface area contributed by atoms with Crippen LogP contribution in [0.4, 0.5) is 0 Å². The zero-order valence-electron chi connectivity index (χ0n) is 6.55. The monoisotopic (exact) mass is 173 g/mol. The molecule has 0 aromatic heterocycles. The minimum atomic E-state index is 0. The molecule has 0 bridgehead atoms. The van der Waals surface area contributed by atoms with Crippen LogP contribution in [-0.4, -0.2) is 64.5 Å². The summed E-state index contributed by atoms with van der Waals surface area (Å²) in [5.41, 5.74) is 0. The van der Waals surface area contributed by atoms with Crippen LogP contribution in [0, 0.1) is 0 Å². The van der Waals surface area contributed by atoms with Crippen molar-refractivity contribution in [3.63, 3.8) is 0 Å². The molecule has 1 radical (unpaired) electrons. The van der Waals surface area contributed by atoms with E-state index in [9.17, 15) is 0 Å². The van der Waals surface area contributed by atoms with Gasteiger partial charge in [-0.1, -0.05) is 0 Å². The van der Waals surface area contributed by atoms with Crippen molar-refractivity contribution in [2.45, 2.75) is 12.8 Å². The second kappa shape index (κ2) is 12.9. The first-order chi connectivity index (χ1) is 4.41. The molecule has 0 unspecified atom stereocenters. The van der Waals surface area contributed by atoms with Gasteiger partial charge in [0, 0.05) is 42.8 Å². The molecular weight excluding hydrogens is 159 g/mol. The first-order valence-electron chi connectivity index (χ1n) is 3.21. The van der Waals surface area contributed by atoms with Crippen molar-refractivity contribution < 1.29 is 10.2 Å². The Kier molecular flexibility index (Phi) is 17.8. The Morgan fingerprint density at radius 3 is 1.60 bits per heavy atom. The fraction of sp³-hybridized carbons (Fsp3) is 1.00. The van der Waals surface area contributed by atoms with Gasteiger partial charge in [-0.2, -0.15) is 11.8 Å². The van der Waals surface area contributed by atoms with E-state index in [0.717, 1.165) is 24.3 Å². The summed E-state index contributed by atoms with van der Waals surface area (Å²) in [5.74, 6) is 2.02. The Balaban J connectivity index is 0. The minimum absolute atomic E-state index is 0. The molecule has 0 atom stereocenters. The van der Waals surface area contributed by atoms with Gasteiger partial charge in [0.1, 0.15) is 0 Å². The predicted molar refractivity (Wildman–Crippen MR) is 46.5 cm³/mol. The van der Waals surface area contributed by atoms with Crippen LogP contribution in [0.15, 0.2) is 0 Å². The Bertz CT molecular complexity index is 49.0. The average molecular weight is 173 g/mol. The molecule has 10 heavy (non-hydrogen) atoms. The van der Waals surface area contributed by atoms with Crippen LogP contribution in [0.1, 0.15) is 12.8 Å². The largest absolute Gasteiger partial charge is 0.396 e. The van der Waals surface area contributed by atoms with Crippen molar-refractivity contribution in [2.75, 3.05) is 24.7 Å². The van der Waals surface area contributed by atoms with Gasteiger partial charge in [-0.15, -0.1) is 0 Å². The van der Waals surface area contributed by atoms with Gasteiger partial charge < -0.3 is 10.2 Å². The van der Waals surface area contributed by atoms with Crippen LogP contribution in [0.2, 0.25) is 0 Å². The van der Waals surface area contributed by atoms with Crippen molar-refractivity contribution in [3.05, 3.63) is 0 Å².